The molecule has 7 heteroatoms. The van der Waals surface area contributed by atoms with Crippen LogP contribution in [-0.4, -0.2) is 36.0 Å². The van der Waals surface area contributed by atoms with E-state index in [0.717, 1.165) is 28.1 Å². The maximum atomic E-state index is 12.0. The molecule has 0 aliphatic rings. The third kappa shape index (κ3) is 4.83. The number of carbonyl (C=O) groups is 1. The zero-order valence-electron chi connectivity index (χ0n) is 17.5. The molecule has 6 nitrogen and oxygen atoms in total. The standard InChI is InChI=1S/C23H25ClN2O4/c1-23(2,22(27)29-4)30-14-20-18(13-15-8-5-6-11-19(15)24)21(26-25-20)16-9-7-10-17(12-16)28-3/h5-12H,13-14H2,1-4H3,(H,25,26). The van der Waals surface area contributed by atoms with E-state index in [2.05, 4.69) is 10.2 Å². The molecule has 2 aromatic carbocycles. The van der Waals surface area contributed by atoms with Crippen LogP contribution in [0.5, 0.6) is 5.75 Å². The molecule has 3 aromatic rings. The van der Waals surface area contributed by atoms with Crippen LogP contribution >= 0.6 is 11.6 Å². The first-order valence-corrected chi connectivity index (χ1v) is 9.90. The van der Waals surface area contributed by atoms with Crippen LogP contribution in [0, 0.1) is 0 Å². The first-order valence-electron chi connectivity index (χ1n) is 9.52. The van der Waals surface area contributed by atoms with Gasteiger partial charge < -0.3 is 14.2 Å². The van der Waals surface area contributed by atoms with Crippen LogP contribution in [0.15, 0.2) is 48.5 Å². The SMILES string of the molecule is COC(=O)C(C)(C)OCc1n[nH]c(-c2cccc(OC)c2)c1Cc1ccccc1Cl. The summed E-state index contributed by atoms with van der Waals surface area (Å²) in [7, 11) is 2.97. The second kappa shape index (κ2) is 9.32. The highest BCUT2D eigenvalue weighted by Gasteiger charge is 2.30. The number of ether oxygens (including phenoxy) is 3. The lowest BCUT2D eigenvalue weighted by Crippen LogP contribution is -2.36. The summed E-state index contributed by atoms with van der Waals surface area (Å²) in [6.45, 7) is 3.48. The van der Waals surface area contributed by atoms with Gasteiger partial charge in [-0.25, -0.2) is 4.79 Å². The molecular formula is C23H25ClN2O4. The molecule has 0 spiro atoms. The number of rotatable bonds is 8. The summed E-state index contributed by atoms with van der Waals surface area (Å²) < 4.78 is 16.0. The van der Waals surface area contributed by atoms with Crippen molar-refractivity contribution in [3.05, 3.63) is 70.4 Å². The second-order valence-electron chi connectivity index (χ2n) is 7.31. The molecule has 1 heterocycles. The zero-order chi connectivity index (χ0) is 21.7. The fourth-order valence-corrected chi connectivity index (χ4v) is 3.32. The van der Waals surface area contributed by atoms with E-state index in [-0.39, 0.29) is 6.61 Å². The minimum atomic E-state index is -1.09. The number of benzene rings is 2. The Morgan fingerprint density at radius 2 is 1.90 bits per heavy atom. The van der Waals surface area contributed by atoms with Gasteiger partial charge in [-0.05, 0) is 37.6 Å². The summed E-state index contributed by atoms with van der Waals surface area (Å²) in [5, 5.41) is 8.27. The average molecular weight is 429 g/mol. The number of esters is 1. The number of H-pyrrole nitrogens is 1. The third-order valence-corrected chi connectivity index (χ3v) is 5.25. The number of aromatic nitrogens is 2. The molecule has 0 radical (unpaired) electrons. The Balaban J connectivity index is 1.99. The Labute approximate surface area is 181 Å². The van der Waals surface area contributed by atoms with Crippen molar-refractivity contribution in [3.63, 3.8) is 0 Å². The largest absolute Gasteiger partial charge is 0.497 e. The molecule has 0 aliphatic carbocycles. The van der Waals surface area contributed by atoms with Gasteiger partial charge in [0.25, 0.3) is 0 Å². The fraction of sp³-hybridized carbons (Fsp3) is 0.304. The van der Waals surface area contributed by atoms with Crippen molar-refractivity contribution >= 4 is 17.6 Å². The highest BCUT2D eigenvalue weighted by molar-refractivity contribution is 6.31. The molecule has 0 aliphatic heterocycles. The van der Waals surface area contributed by atoms with E-state index >= 15 is 0 Å². The van der Waals surface area contributed by atoms with Crippen LogP contribution in [-0.2, 0) is 27.3 Å². The summed E-state index contributed by atoms with van der Waals surface area (Å²) >= 11 is 6.41. The molecule has 1 N–H and O–H groups in total. The van der Waals surface area contributed by atoms with Gasteiger partial charge in [0.05, 0.1) is 32.2 Å². The molecule has 0 amide bonds. The second-order valence-corrected chi connectivity index (χ2v) is 7.72. The van der Waals surface area contributed by atoms with Crippen LogP contribution in [0.3, 0.4) is 0 Å². The summed E-state index contributed by atoms with van der Waals surface area (Å²) in [6, 6.07) is 15.4. The number of hydrogen-bond acceptors (Lipinski definition) is 5. The van der Waals surface area contributed by atoms with Crippen LogP contribution in [0.25, 0.3) is 11.3 Å². The lowest BCUT2D eigenvalue weighted by atomic mass is 9.99. The van der Waals surface area contributed by atoms with Gasteiger partial charge in [0, 0.05) is 22.6 Å². The molecule has 0 unspecified atom stereocenters. The van der Waals surface area contributed by atoms with Crippen molar-refractivity contribution in [1.29, 1.82) is 0 Å². The van der Waals surface area contributed by atoms with Crippen molar-refractivity contribution in [3.8, 4) is 17.0 Å². The van der Waals surface area contributed by atoms with Crippen molar-refractivity contribution in [2.24, 2.45) is 0 Å². The predicted molar refractivity (Wildman–Crippen MR) is 116 cm³/mol. The molecule has 0 saturated carbocycles. The van der Waals surface area contributed by atoms with Gasteiger partial charge in [-0.1, -0.05) is 41.9 Å². The maximum absolute atomic E-state index is 12.0. The highest BCUT2D eigenvalue weighted by atomic mass is 35.5. The Bertz CT molecular complexity index is 1030. The molecule has 0 atom stereocenters. The van der Waals surface area contributed by atoms with Crippen LogP contribution < -0.4 is 4.74 Å². The summed E-state index contributed by atoms with van der Waals surface area (Å²) in [5.74, 6) is 0.300. The minimum Gasteiger partial charge on any atom is -0.497 e. The van der Waals surface area contributed by atoms with Crippen molar-refractivity contribution in [2.45, 2.75) is 32.5 Å². The smallest absolute Gasteiger partial charge is 0.337 e. The molecule has 3 rings (SSSR count). The van der Waals surface area contributed by atoms with E-state index < -0.39 is 11.6 Å². The number of hydrogen-bond donors (Lipinski definition) is 1. The van der Waals surface area contributed by atoms with Crippen molar-refractivity contribution < 1.29 is 19.0 Å². The van der Waals surface area contributed by atoms with Gasteiger partial charge >= 0.3 is 5.97 Å². The Kier molecular flexibility index (Phi) is 6.80. The summed E-state index contributed by atoms with van der Waals surface area (Å²) in [4.78, 5) is 12.0. The topological polar surface area (TPSA) is 73.4 Å². The summed E-state index contributed by atoms with van der Waals surface area (Å²) in [6.07, 6.45) is 0.556. The molecular weight excluding hydrogens is 404 g/mol. The third-order valence-electron chi connectivity index (χ3n) is 4.88. The fourth-order valence-electron chi connectivity index (χ4n) is 3.12. The monoisotopic (exact) mass is 428 g/mol. The van der Waals surface area contributed by atoms with E-state index in [1.165, 1.54) is 7.11 Å². The number of nitrogens with zero attached hydrogens (tertiary/aromatic N) is 1. The molecule has 0 saturated heterocycles. The Morgan fingerprint density at radius 3 is 2.60 bits per heavy atom. The normalized spacial score (nSPS) is 11.4. The molecule has 0 bridgehead atoms. The van der Waals surface area contributed by atoms with Crippen LogP contribution in [0.1, 0.15) is 30.7 Å². The van der Waals surface area contributed by atoms with Crippen LogP contribution in [0.2, 0.25) is 5.02 Å². The molecule has 30 heavy (non-hydrogen) atoms. The quantitative estimate of drug-likeness (QED) is 0.522. The highest BCUT2D eigenvalue weighted by Crippen LogP contribution is 2.31. The maximum Gasteiger partial charge on any atom is 0.337 e. The van der Waals surface area contributed by atoms with E-state index in [9.17, 15) is 4.79 Å². The average Bonchev–Trinajstić information content (AvgIpc) is 3.15. The van der Waals surface area contributed by atoms with Gasteiger partial charge in [0.15, 0.2) is 5.60 Å². The van der Waals surface area contributed by atoms with E-state index in [0.29, 0.717) is 17.1 Å². The van der Waals surface area contributed by atoms with E-state index in [4.69, 9.17) is 25.8 Å². The number of halogens is 1. The van der Waals surface area contributed by atoms with Gasteiger partial charge in [-0.2, -0.15) is 5.10 Å². The number of nitrogens with one attached hydrogen (secondary N) is 1. The van der Waals surface area contributed by atoms with Crippen molar-refractivity contribution in [1.82, 2.24) is 10.2 Å². The lowest BCUT2D eigenvalue weighted by Gasteiger charge is -2.22. The van der Waals surface area contributed by atoms with Gasteiger partial charge in [0.1, 0.15) is 5.75 Å². The van der Waals surface area contributed by atoms with Crippen molar-refractivity contribution in [2.75, 3.05) is 14.2 Å². The van der Waals surface area contributed by atoms with Crippen LogP contribution in [0.4, 0.5) is 0 Å². The minimum absolute atomic E-state index is 0.141. The van der Waals surface area contributed by atoms with Gasteiger partial charge in [-0.15, -0.1) is 0 Å². The zero-order valence-corrected chi connectivity index (χ0v) is 18.2. The van der Waals surface area contributed by atoms with E-state index in [1.54, 1.807) is 21.0 Å². The predicted octanol–water partition coefficient (Wildman–Crippen LogP) is 4.80. The number of aromatic amines is 1. The lowest BCUT2D eigenvalue weighted by molar-refractivity contribution is -0.166. The van der Waals surface area contributed by atoms with Gasteiger partial charge in [0.2, 0.25) is 0 Å². The number of methoxy groups -OCH3 is 2. The first-order chi connectivity index (χ1) is 14.4. The number of carbonyl (C=O) groups excluding carboxylic acids is 1. The Morgan fingerprint density at radius 1 is 1.13 bits per heavy atom. The Hall–Kier alpha value is -2.83. The first kappa shape index (κ1) is 21.9. The molecule has 158 valence electrons. The molecule has 0 fully saturated rings. The van der Waals surface area contributed by atoms with E-state index in [1.807, 2.05) is 48.5 Å². The van der Waals surface area contributed by atoms with Gasteiger partial charge in [-0.3, -0.25) is 5.10 Å². The summed E-state index contributed by atoms with van der Waals surface area (Å²) in [5.41, 5.74) is 3.30. The molecule has 1 aromatic heterocycles.